The van der Waals surface area contributed by atoms with Gasteiger partial charge >= 0.3 is 11.8 Å². The van der Waals surface area contributed by atoms with Gasteiger partial charge in [-0.25, -0.2) is 0 Å². The predicted octanol–water partition coefficient (Wildman–Crippen LogP) is 8.25. The molecule has 0 spiro atoms. The van der Waals surface area contributed by atoms with Crippen LogP contribution in [0.1, 0.15) is 33.4 Å². The third-order valence-electron chi connectivity index (χ3n) is 7.51. The van der Waals surface area contributed by atoms with Gasteiger partial charge in [-0.1, -0.05) is 83.9 Å². The fourth-order valence-electron chi connectivity index (χ4n) is 5.13. The summed E-state index contributed by atoms with van der Waals surface area (Å²) in [5, 5.41) is 30.0. The standard InChI is InChI=1S/2C19H17NO2.Ni/c2*1-12-7-8-17(13(2)9-12)20-19(22)16-10-14-5-3-4-6-15(14)11-18(16)21;/h2*3-11,21H,1-2H3,(H,20,22);/p+2. The van der Waals surface area contributed by atoms with Gasteiger partial charge in [0.25, 0.3) is 0 Å². The molecule has 0 heterocycles. The van der Waals surface area contributed by atoms with Gasteiger partial charge in [0.05, 0.1) is 0 Å². The van der Waals surface area contributed by atoms with Gasteiger partial charge in [0.1, 0.15) is 22.6 Å². The Balaban J connectivity index is 0.000000200. The van der Waals surface area contributed by atoms with E-state index < -0.39 is 0 Å². The molecular weight excluding hydrogens is 607 g/mol. The number of benzene rings is 6. The largest absolute Gasteiger partial charge is 0.507 e. The van der Waals surface area contributed by atoms with Crippen molar-refractivity contribution in [3.8, 4) is 11.5 Å². The molecule has 0 saturated carbocycles. The smallest absolute Gasteiger partial charge is 0.430 e. The molecule has 0 fully saturated rings. The van der Waals surface area contributed by atoms with Crippen molar-refractivity contribution in [2.75, 3.05) is 10.6 Å². The molecule has 6 rings (SSSR count). The number of anilines is 2. The van der Waals surface area contributed by atoms with Crippen LogP contribution in [0, 0.1) is 27.7 Å². The first-order chi connectivity index (χ1) is 21.1. The summed E-state index contributed by atoms with van der Waals surface area (Å²) in [6.45, 7) is 8.00. The van der Waals surface area contributed by atoms with Gasteiger partial charge in [0.2, 0.25) is 0 Å². The first kappa shape index (κ1) is 32.8. The van der Waals surface area contributed by atoms with E-state index in [1.165, 1.54) is 0 Å². The minimum absolute atomic E-state index is 0. The Morgan fingerprint density at radius 2 is 0.822 bits per heavy atom. The second-order valence-electron chi connectivity index (χ2n) is 11.0. The van der Waals surface area contributed by atoms with E-state index in [0.29, 0.717) is 11.1 Å². The molecule has 0 bridgehead atoms. The molecule has 230 valence electrons. The Hall–Kier alpha value is -5.13. The molecule has 0 radical (unpaired) electrons. The van der Waals surface area contributed by atoms with Crippen molar-refractivity contribution < 1.29 is 36.3 Å². The first-order valence-electron chi connectivity index (χ1n) is 14.3. The summed E-state index contributed by atoms with van der Waals surface area (Å²) < 4.78 is 0. The molecule has 0 saturated heterocycles. The van der Waals surface area contributed by atoms with Crippen LogP contribution in [0.25, 0.3) is 21.5 Å². The van der Waals surface area contributed by atoms with Crippen molar-refractivity contribution >= 4 is 44.7 Å². The maximum atomic E-state index is 10.4. The van der Waals surface area contributed by atoms with Crippen molar-refractivity contribution in [3.05, 3.63) is 143 Å². The summed E-state index contributed by atoms with van der Waals surface area (Å²) >= 11 is 0. The average Bonchev–Trinajstić information content (AvgIpc) is 2.99. The number of nitrogens with one attached hydrogen (secondary N) is 2. The fourth-order valence-corrected chi connectivity index (χ4v) is 5.13. The molecule has 6 N–H and O–H groups in total. The number of aromatic hydroxyl groups is 2. The molecule has 45 heavy (non-hydrogen) atoms. The Morgan fingerprint density at radius 1 is 0.489 bits per heavy atom. The van der Waals surface area contributed by atoms with Gasteiger partial charge < -0.3 is 10.2 Å². The number of amides is 2. The van der Waals surface area contributed by atoms with Crippen LogP contribution < -0.4 is 10.6 Å². The molecule has 0 aromatic heterocycles. The minimum atomic E-state index is -0.0600. The van der Waals surface area contributed by atoms with E-state index in [1.807, 2.05) is 113 Å². The number of phenols is 2. The van der Waals surface area contributed by atoms with E-state index in [9.17, 15) is 19.8 Å². The van der Waals surface area contributed by atoms with Crippen LogP contribution in [0.15, 0.2) is 109 Å². The number of aryl methyl sites for hydroxylation is 4. The van der Waals surface area contributed by atoms with Gasteiger partial charge in [-0.15, -0.1) is 0 Å². The number of hydrogen-bond donors (Lipinski definition) is 4. The number of fused-ring (bicyclic) bond motifs is 2. The molecular formula is C38H36N2NiO4+2. The number of phenolic OH excluding ortho intramolecular Hbond substituents is 2. The normalized spacial score (nSPS) is 10.4. The molecule has 6 nitrogen and oxygen atoms in total. The van der Waals surface area contributed by atoms with Crippen molar-refractivity contribution in [2.45, 2.75) is 27.7 Å². The molecule has 0 aliphatic rings. The van der Waals surface area contributed by atoms with Crippen molar-refractivity contribution in [1.82, 2.24) is 0 Å². The molecule has 2 amide bonds. The maximum absolute atomic E-state index is 10.4. The maximum Gasteiger partial charge on any atom is 0.430 e. The van der Waals surface area contributed by atoms with Gasteiger partial charge in [0.15, 0.2) is 0 Å². The van der Waals surface area contributed by atoms with Crippen molar-refractivity contribution in [1.29, 1.82) is 0 Å². The van der Waals surface area contributed by atoms with E-state index >= 15 is 0 Å². The quantitative estimate of drug-likeness (QED) is 0.115. The molecule has 0 unspecified atom stereocenters. The zero-order valence-corrected chi connectivity index (χ0v) is 26.5. The van der Waals surface area contributed by atoms with Crippen LogP contribution in [0.5, 0.6) is 11.5 Å². The minimum Gasteiger partial charge on any atom is -0.507 e. The first-order valence-corrected chi connectivity index (χ1v) is 14.3. The van der Waals surface area contributed by atoms with Gasteiger partial charge in [0, 0.05) is 27.9 Å². The third kappa shape index (κ3) is 7.70. The Kier molecular flexibility index (Phi) is 10.3. The van der Waals surface area contributed by atoms with Gasteiger partial charge in [-0.3, -0.25) is 20.2 Å². The van der Waals surface area contributed by atoms with E-state index in [0.717, 1.165) is 55.2 Å². The van der Waals surface area contributed by atoms with Crippen molar-refractivity contribution in [3.63, 3.8) is 0 Å². The predicted molar refractivity (Wildman–Crippen MR) is 182 cm³/mol. The summed E-state index contributed by atoms with van der Waals surface area (Å²) in [5.41, 5.74) is 6.80. The summed E-state index contributed by atoms with van der Waals surface area (Å²) in [7, 11) is 0. The molecule has 6 aromatic carbocycles. The van der Waals surface area contributed by atoms with Crippen LogP contribution in [0.2, 0.25) is 0 Å². The summed E-state index contributed by atoms with van der Waals surface area (Å²) in [5.74, 6) is -0.0210. The van der Waals surface area contributed by atoms with Gasteiger partial charge in [-0.2, -0.15) is 0 Å². The Bertz CT molecular complexity index is 1890. The van der Waals surface area contributed by atoms with Crippen LogP contribution in [-0.4, -0.2) is 31.6 Å². The summed E-state index contributed by atoms with van der Waals surface area (Å²) in [6.07, 6.45) is 0. The van der Waals surface area contributed by atoms with Crippen molar-refractivity contribution in [2.24, 2.45) is 0 Å². The second-order valence-corrected chi connectivity index (χ2v) is 11.0. The Morgan fingerprint density at radius 3 is 1.16 bits per heavy atom. The third-order valence-corrected chi connectivity index (χ3v) is 7.51. The van der Waals surface area contributed by atoms with E-state index in [4.69, 9.17) is 0 Å². The average molecular weight is 643 g/mol. The zero-order chi connectivity index (χ0) is 31.4. The number of hydrogen-bond acceptors (Lipinski definition) is 2. The van der Waals surface area contributed by atoms with Crippen LogP contribution in [0.3, 0.4) is 0 Å². The van der Waals surface area contributed by atoms with E-state index in [1.54, 1.807) is 24.3 Å². The van der Waals surface area contributed by atoms with Crippen LogP contribution in [0.4, 0.5) is 11.4 Å². The van der Waals surface area contributed by atoms with E-state index in [2.05, 4.69) is 10.6 Å². The second kappa shape index (κ2) is 14.1. The van der Waals surface area contributed by atoms with Gasteiger partial charge in [-0.05, 0) is 96.8 Å². The topological polar surface area (TPSA) is 107 Å². The Labute approximate surface area is 272 Å². The molecule has 7 heteroatoms. The molecule has 6 aromatic rings. The molecule has 0 aliphatic carbocycles. The fraction of sp³-hybridized carbons (Fsp3) is 0.105. The number of carbonyl (C=O) groups excluding carboxylic acids is 2. The summed E-state index contributed by atoms with van der Waals surface area (Å²) in [6, 6.07) is 34.1. The number of rotatable bonds is 4. The van der Waals surface area contributed by atoms with Crippen LogP contribution in [-0.2, 0) is 16.5 Å². The zero-order valence-electron chi connectivity index (χ0n) is 25.5. The summed E-state index contributed by atoms with van der Waals surface area (Å²) in [4.78, 5) is 20.7. The molecule has 0 aliphatic heterocycles. The molecule has 0 atom stereocenters. The van der Waals surface area contributed by atoms with Crippen LogP contribution >= 0.6 is 0 Å². The monoisotopic (exact) mass is 642 g/mol. The SMILES string of the molecule is Cc1ccc(NC(=[OH+])c2cc3ccccc3cc2O)c(C)c1.Cc1ccc(NC(=[OH+])c2cc3ccccc3cc2O)c(C)c1.[Ni]. The van der Waals surface area contributed by atoms with E-state index in [-0.39, 0.29) is 39.8 Å².